The Morgan fingerprint density at radius 3 is 2.00 bits per heavy atom. The zero-order valence-corrected chi connectivity index (χ0v) is 17.7. The zero-order valence-electron chi connectivity index (χ0n) is 17.7. The molecule has 0 spiro atoms. The number of carbonyl (C=O) groups excluding carboxylic acids is 1. The second-order valence-corrected chi connectivity index (χ2v) is 7.20. The second kappa shape index (κ2) is 20.7. The Morgan fingerprint density at radius 2 is 1.35 bits per heavy atom. The fourth-order valence-corrected chi connectivity index (χ4v) is 2.81. The van der Waals surface area contributed by atoms with Crippen LogP contribution in [0.2, 0.25) is 0 Å². The van der Waals surface area contributed by atoms with Crippen molar-refractivity contribution >= 4 is 5.97 Å². The molecule has 0 aliphatic heterocycles. The van der Waals surface area contributed by atoms with Crippen LogP contribution in [0.15, 0.2) is 0 Å². The lowest BCUT2D eigenvalue weighted by atomic mass is 10.0. The lowest BCUT2D eigenvalue weighted by Crippen LogP contribution is -2.14. The summed E-state index contributed by atoms with van der Waals surface area (Å²) in [5.41, 5.74) is 0. The molecule has 26 heavy (non-hydrogen) atoms. The van der Waals surface area contributed by atoms with Crippen LogP contribution in [0, 0.1) is 5.92 Å². The van der Waals surface area contributed by atoms with Crippen molar-refractivity contribution in [2.45, 2.75) is 97.8 Å². The van der Waals surface area contributed by atoms with Gasteiger partial charge in [0, 0.05) is 19.6 Å². The van der Waals surface area contributed by atoms with Crippen molar-refractivity contribution in [3.8, 4) is 0 Å². The first kappa shape index (κ1) is 25.4. The fraction of sp³-hybridized carbons (Fsp3) is 0.955. The summed E-state index contributed by atoms with van der Waals surface area (Å²) in [5.74, 6) is 0.418. The van der Waals surface area contributed by atoms with Crippen LogP contribution in [0.1, 0.15) is 97.8 Å². The van der Waals surface area contributed by atoms with Crippen molar-refractivity contribution in [2.24, 2.45) is 5.92 Å². The van der Waals surface area contributed by atoms with E-state index in [1.807, 2.05) is 0 Å². The maximum absolute atomic E-state index is 11.7. The molecule has 0 radical (unpaired) electrons. The van der Waals surface area contributed by atoms with E-state index in [2.05, 4.69) is 20.8 Å². The summed E-state index contributed by atoms with van der Waals surface area (Å²) in [5, 5.41) is 0. The molecular formula is C22H44O4. The van der Waals surface area contributed by atoms with Crippen molar-refractivity contribution in [2.75, 3.05) is 33.0 Å². The van der Waals surface area contributed by atoms with E-state index in [-0.39, 0.29) is 5.97 Å². The molecule has 1 atom stereocenters. The van der Waals surface area contributed by atoms with Gasteiger partial charge in [-0.25, -0.2) is 0 Å². The molecule has 0 saturated carbocycles. The van der Waals surface area contributed by atoms with Crippen molar-refractivity contribution < 1.29 is 19.0 Å². The molecule has 4 heteroatoms. The lowest BCUT2D eigenvalue weighted by molar-refractivity contribution is -0.145. The van der Waals surface area contributed by atoms with Gasteiger partial charge in [-0.3, -0.25) is 4.79 Å². The molecule has 156 valence electrons. The molecule has 0 N–H and O–H groups in total. The Labute approximate surface area is 162 Å². The maximum atomic E-state index is 11.7. The largest absolute Gasteiger partial charge is 0.465 e. The number of rotatable bonds is 20. The van der Waals surface area contributed by atoms with Gasteiger partial charge in [-0.05, 0) is 25.2 Å². The van der Waals surface area contributed by atoms with Crippen LogP contribution >= 0.6 is 0 Å². The topological polar surface area (TPSA) is 44.8 Å². The Kier molecular flexibility index (Phi) is 20.2. The highest BCUT2D eigenvalue weighted by atomic mass is 16.5. The SMILES string of the molecule is CCCCCCCCOCCOCCCC(=O)OCC(CC)CCCC. The highest BCUT2D eigenvalue weighted by Crippen LogP contribution is 2.13. The van der Waals surface area contributed by atoms with Gasteiger partial charge in [-0.15, -0.1) is 0 Å². The summed E-state index contributed by atoms with van der Waals surface area (Å²) < 4.78 is 16.5. The first-order chi connectivity index (χ1) is 12.7. The van der Waals surface area contributed by atoms with Crippen LogP contribution < -0.4 is 0 Å². The summed E-state index contributed by atoms with van der Waals surface area (Å²) in [4.78, 5) is 11.7. The third-order valence-corrected chi connectivity index (χ3v) is 4.71. The first-order valence-electron chi connectivity index (χ1n) is 11.1. The Morgan fingerprint density at radius 1 is 0.731 bits per heavy atom. The molecule has 0 amide bonds. The van der Waals surface area contributed by atoms with Gasteiger partial charge in [0.2, 0.25) is 0 Å². The molecule has 0 aromatic carbocycles. The summed E-state index contributed by atoms with van der Waals surface area (Å²) in [6.45, 7) is 9.86. The van der Waals surface area contributed by atoms with Crippen molar-refractivity contribution in [3.63, 3.8) is 0 Å². The molecule has 0 aliphatic rings. The van der Waals surface area contributed by atoms with E-state index >= 15 is 0 Å². The van der Waals surface area contributed by atoms with Gasteiger partial charge in [0.25, 0.3) is 0 Å². The molecule has 0 bridgehead atoms. The van der Waals surface area contributed by atoms with Crippen LogP contribution in [0.3, 0.4) is 0 Å². The standard InChI is InChI=1S/C22H44O4/c1-4-7-9-10-11-12-16-24-18-19-25-17-13-15-22(23)26-20-21(6-3)14-8-5-2/h21H,4-20H2,1-3H3. The van der Waals surface area contributed by atoms with Gasteiger partial charge in [-0.2, -0.15) is 0 Å². The van der Waals surface area contributed by atoms with Gasteiger partial charge in [0.05, 0.1) is 19.8 Å². The van der Waals surface area contributed by atoms with Gasteiger partial charge in [-0.1, -0.05) is 72.1 Å². The minimum absolute atomic E-state index is 0.0946. The minimum Gasteiger partial charge on any atom is -0.465 e. The van der Waals surface area contributed by atoms with Crippen LogP contribution in [0.25, 0.3) is 0 Å². The molecule has 1 unspecified atom stereocenters. The van der Waals surface area contributed by atoms with E-state index in [1.165, 1.54) is 44.9 Å². The molecule has 0 aliphatic carbocycles. The Balaban J connectivity index is 3.30. The summed E-state index contributed by atoms with van der Waals surface area (Å²) in [6, 6.07) is 0. The second-order valence-electron chi connectivity index (χ2n) is 7.20. The fourth-order valence-electron chi connectivity index (χ4n) is 2.81. The van der Waals surface area contributed by atoms with Gasteiger partial charge < -0.3 is 14.2 Å². The molecule has 0 heterocycles. The number of unbranched alkanes of at least 4 members (excludes halogenated alkanes) is 6. The van der Waals surface area contributed by atoms with Crippen molar-refractivity contribution in [1.82, 2.24) is 0 Å². The van der Waals surface area contributed by atoms with Crippen LogP contribution in [-0.2, 0) is 19.0 Å². The molecule has 4 nitrogen and oxygen atoms in total. The number of hydrogen-bond donors (Lipinski definition) is 0. The zero-order chi connectivity index (χ0) is 19.3. The maximum Gasteiger partial charge on any atom is 0.305 e. The Bertz CT molecular complexity index is 294. The number of carbonyl (C=O) groups is 1. The van der Waals surface area contributed by atoms with E-state index in [1.54, 1.807) is 0 Å². The highest BCUT2D eigenvalue weighted by Gasteiger charge is 2.09. The van der Waals surface area contributed by atoms with E-state index in [9.17, 15) is 4.79 Å². The molecule has 0 saturated heterocycles. The van der Waals surface area contributed by atoms with E-state index in [0.29, 0.717) is 38.8 Å². The summed E-state index contributed by atoms with van der Waals surface area (Å²) >= 11 is 0. The quantitative estimate of drug-likeness (QED) is 0.196. The molecule has 0 fully saturated rings. The molecular weight excluding hydrogens is 328 g/mol. The molecule has 0 aromatic rings. The third kappa shape index (κ3) is 18.2. The Hall–Kier alpha value is -0.610. The summed E-state index contributed by atoms with van der Waals surface area (Å²) in [7, 11) is 0. The van der Waals surface area contributed by atoms with Gasteiger partial charge in [0.15, 0.2) is 0 Å². The van der Waals surface area contributed by atoms with Crippen molar-refractivity contribution in [1.29, 1.82) is 0 Å². The molecule has 0 aromatic heterocycles. The first-order valence-corrected chi connectivity index (χ1v) is 11.1. The van der Waals surface area contributed by atoms with Crippen LogP contribution in [-0.4, -0.2) is 39.0 Å². The van der Waals surface area contributed by atoms with E-state index in [0.717, 1.165) is 32.3 Å². The monoisotopic (exact) mass is 372 g/mol. The number of esters is 1. The van der Waals surface area contributed by atoms with E-state index in [4.69, 9.17) is 14.2 Å². The third-order valence-electron chi connectivity index (χ3n) is 4.71. The van der Waals surface area contributed by atoms with E-state index < -0.39 is 0 Å². The predicted molar refractivity (Wildman–Crippen MR) is 109 cm³/mol. The summed E-state index contributed by atoms with van der Waals surface area (Å²) in [6.07, 6.45) is 13.5. The van der Waals surface area contributed by atoms with Crippen molar-refractivity contribution in [3.05, 3.63) is 0 Å². The van der Waals surface area contributed by atoms with Gasteiger partial charge >= 0.3 is 5.97 Å². The number of ether oxygens (including phenoxy) is 3. The highest BCUT2D eigenvalue weighted by molar-refractivity contribution is 5.69. The van der Waals surface area contributed by atoms with Crippen LogP contribution in [0.5, 0.6) is 0 Å². The lowest BCUT2D eigenvalue weighted by Gasteiger charge is -2.14. The average Bonchev–Trinajstić information content (AvgIpc) is 2.65. The van der Waals surface area contributed by atoms with Crippen LogP contribution in [0.4, 0.5) is 0 Å². The number of hydrogen-bond acceptors (Lipinski definition) is 4. The minimum atomic E-state index is -0.0946. The molecule has 0 rings (SSSR count). The average molecular weight is 373 g/mol. The predicted octanol–water partition coefficient (Wildman–Crippen LogP) is 5.92. The smallest absolute Gasteiger partial charge is 0.305 e. The van der Waals surface area contributed by atoms with Gasteiger partial charge in [0.1, 0.15) is 0 Å². The normalized spacial score (nSPS) is 12.3.